The van der Waals surface area contributed by atoms with Gasteiger partial charge in [0.15, 0.2) is 0 Å². The van der Waals surface area contributed by atoms with Gasteiger partial charge < -0.3 is 10.6 Å². The van der Waals surface area contributed by atoms with Crippen LogP contribution in [-0.2, 0) is 15.0 Å². The first-order valence-corrected chi connectivity index (χ1v) is 8.74. The number of benzene rings is 2. The molecule has 4 nitrogen and oxygen atoms in total. The molecule has 1 heterocycles. The summed E-state index contributed by atoms with van der Waals surface area (Å²) in [6.07, 6.45) is 1.36. The lowest BCUT2D eigenvalue weighted by Gasteiger charge is -2.32. The van der Waals surface area contributed by atoms with Crippen molar-refractivity contribution in [3.8, 4) is 0 Å². The third-order valence-corrected chi connectivity index (χ3v) is 5.25. The number of carbonyl (C=O) groups is 2. The summed E-state index contributed by atoms with van der Waals surface area (Å²) in [4.78, 5) is 24.4. The zero-order valence-corrected chi connectivity index (χ0v) is 14.5. The molecule has 2 aromatic rings. The van der Waals surface area contributed by atoms with Crippen LogP contribution in [0.5, 0.6) is 0 Å². The van der Waals surface area contributed by atoms with E-state index < -0.39 is 0 Å². The lowest BCUT2D eigenvalue weighted by atomic mass is 9.78. The quantitative estimate of drug-likeness (QED) is 0.890. The van der Waals surface area contributed by atoms with Gasteiger partial charge in [0.05, 0.1) is 0 Å². The molecular weight excluding hydrogens is 312 g/mol. The summed E-state index contributed by atoms with van der Waals surface area (Å²) in [5.41, 5.74) is 3.71. The monoisotopic (exact) mass is 334 g/mol. The molecule has 2 amide bonds. The van der Waals surface area contributed by atoms with E-state index in [-0.39, 0.29) is 23.1 Å². The Labute approximate surface area is 147 Å². The van der Waals surface area contributed by atoms with E-state index in [0.717, 1.165) is 23.4 Å². The maximum absolute atomic E-state index is 12.6. The topological polar surface area (TPSA) is 58.2 Å². The van der Waals surface area contributed by atoms with Gasteiger partial charge in [0.25, 0.3) is 0 Å². The summed E-state index contributed by atoms with van der Waals surface area (Å²) in [5, 5.41) is 5.96. The van der Waals surface area contributed by atoms with Gasteiger partial charge in [0.1, 0.15) is 0 Å². The van der Waals surface area contributed by atoms with E-state index in [2.05, 4.69) is 36.6 Å². The van der Waals surface area contributed by atoms with Gasteiger partial charge in [0, 0.05) is 29.1 Å². The van der Waals surface area contributed by atoms with Crippen LogP contribution in [0.4, 0.5) is 11.4 Å². The number of nitrogens with one attached hydrogen (secondary N) is 2. The molecule has 2 aromatic carbocycles. The second kappa shape index (κ2) is 5.73. The minimum atomic E-state index is -0.232. The highest BCUT2D eigenvalue weighted by Gasteiger charge is 2.44. The van der Waals surface area contributed by atoms with Crippen LogP contribution in [-0.4, -0.2) is 11.8 Å². The number of hydrogen-bond acceptors (Lipinski definition) is 2. The SMILES string of the molecule is CC1(C)CC(=O)Nc2ccc(NC(=O)[C@H]3C[C@H]3c3ccccc3)cc21. The summed E-state index contributed by atoms with van der Waals surface area (Å²) < 4.78 is 0. The zero-order chi connectivity index (χ0) is 17.6. The van der Waals surface area contributed by atoms with Gasteiger partial charge in [-0.1, -0.05) is 44.2 Å². The molecule has 0 unspecified atom stereocenters. The highest BCUT2D eigenvalue weighted by Crippen LogP contribution is 2.48. The summed E-state index contributed by atoms with van der Waals surface area (Å²) in [6, 6.07) is 15.9. The third-order valence-electron chi connectivity index (χ3n) is 5.25. The van der Waals surface area contributed by atoms with Crippen molar-refractivity contribution >= 4 is 23.2 Å². The molecule has 0 aromatic heterocycles. The van der Waals surface area contributed by atoms with E-state index in [0.29, 0.717) is 12.3 Å². The van der Waals surface area contributed by atoms with Gasteiger partial charge in [-0.2, -0.15) is 0 Å². The van der Waals surface area contributed by atoms with Crippen molar-refractivity contribution in [3.05, 3.63) is 59.7 Å². The van der Waals surface area contributed by atoms with Crippen LogP contribution in [0, 0.1) is 5.92 Å². The van der Waals surface area contributed by atoms with Gasteiger partial charge in [-0.05, 0) is 41.7 Å². The molecule has 1 aliphatic heterocycles. The zero-order valence-electron chi connectivity index (χ0n) is 14.5. The summed E-state index contributed by atoms with van der Waals surface area (Å²) >= 11 is 0. The Morgan fingerprint density at radius 2 is 1.92 bits per heavy atom. The Balaban J connectivity index is 1.49. The smallest absolute Gasteiger partial charge is 0.228 e. The molecule has 0 radical (unpaired) electrons. The fraction of sp³-hybridized carbons (Fsp3) is 0.333. The Hall–Kier alpha value is -2.62. The summed E-state index contributed by atoms with van der Waals surface area (Å²) in [5.74, 6) is 0.491. The molecule has 4 rings (SSSR count). The molecule has 0 spiro atoms. The van der Waals surface area contributed by atoms with Gasteiger partial charge in [-0.15, -0.1) is 0 Å². The number of rotatable bonds is 3. The molecule has 0 bridgehead atoms. The average Bonchev–Trinajstić information content (AvgIpc) is 3.36. The number of anilines is 2. The molecule has 25 heavy (non-hydrogen) atoms. The van der Waals surface area contributed by atoms with Crippen LogP contribution in [0.1, 0.15) is 43.7 Å². The van der Waals surface area contributed by atoms with E-state index in [9.17, 15) is 9.59 Å². The second-order valence-corrected chi connectivity index (χ2v) is 7.72. The number of fused-ring (bicyclic) bond motifs is 1. The van der Waals surface area contributed by atoms with Crippen LogP contribution in [0.25, 0.3) is 0 Å². The molecule has 1 aliphatic carbocycles. The van der Waals surface area contributed by atoms with Crippen LogP contribution >= 0.6 is 0 Å². The molecule has 2 aliphatic rings. The summed E-state index contributed by atoms with van der Waals surface area (Å²) in [6.45, 7) is 4.12. The van der Waals surface area contributed by atoms with Crippen LogP contribution in [0.3, 0.4) is 0 Å². The molecule has 128 valence electrons. The largest absolute Gasteiger partial charge is 0.326 e. The van der Waals surface area contributed by atoms with E-state index in [1.807, 2.05) is 36.4 Å². The van der Waals surface area contributed by atoms with Gasteiger partial charge in [0.2, 0.25) is 11.8 Å². The van der Waals surface area contributed by atoms with Crippen molar-refractivity contribution in [2.75, 3.05) is 10.6 Å². The number of carbonyl (C=O) groups excluding carboxylic acids is 2. The van der Waals surface area contributed by atoms with Crippen molar-refractivity contribution in [2.24, 2.45) is 5.92 Å². The average molecular weight is 334 g/mol. The standard InChI is InChI=1S/C21H22N2O2/c1-21(2)12-19(24)23-18-9-8-14(10-17(18)21)22-20(25)16-11-15(16)13-6-4-3-5-7-13/h3-10,15-16H,11-12H2,1-2H3,(H,22,25)(H,23,24)/t15-,16-/m0/s1. The van der Waals surface area contributed by atoms with Crippen molar-refractivity contribution in [1.29, 1.82) is 0 Å². The van der Waals surface area contributed by atoms with E-state index in [4.69, 9.17) is 0 Å². The Morgan fingerprint density at radius 3 is 2.68 bits per heavy atom. The van der Waals surface area contributed by atoms with Crippen molar-refractivity contribution in [3.63, 3.8) is 0 Å². The molecule has 1 saturated carbocycles. The van der Waals surface area contributed by atoms with Crippen molar-refractivity contribution in [2.45, 2.75) is 38.0 Å². The molecule has 2 atom stereocenters. The fourth-order valence-electron chi connectivity index (χ4n) is 3.77. The van der Waals surface area contributed by atoms with Gasteiger partial charge in [-0.25, -0.2) is 0 Å². The minimum Gasteiger partial charge on any atom is -0.326 e. The van der Waals surface area contributed by atoms with E-state index in [1.54, 1.807) is 0 Å². The van der Waals surface area contributed by atoms with E-state index in [1.165, 1.54) is 5.56 Å². The molecule has 2 N–H and O–H groups in total. The first kappa shape index (κ1) is 15.9. The highest BCUT2D eigenvalue weighted by atomic mass is 16.2. The molecule has 4 heteroatoms. The van der Waals surface area contributed by atoms with Crippen LogP contribution < -0.4 is 10.6 Å². The first-order chi connectivity index (χ1) is 11.9. The highest BCUT2D eigenvalue weighted by molar-refractivity contribution is 5.98. The number of amides is 2. The van der Waals surface area contributed by atoms with Gasteiger partial charge >= 0.3 is 0 Å². The lowest BCUT2D eigenvalue weighted by molar-refractivity contribution is -0.118. The van der Waals surface area contributed by atoms with Crippen molar-refractivity contribution < 1.29 is 9.59 Å². The third kappa shape index (κ3) is 3.04. The maximum atomic E-state index is 12.6. The lowest BCUT2D eigenvalue weighted by Crippen LogP contribution is -2.32. The predicted octanol–water partition coefficient (Wildman–Crippen LogP) is 4.05. The van der Waals surface area contributed by atoms with Crippen LogP contribution in [0.15, 0.2) is 48.5 Å². The first-order valence-electron chi connectivity index (χ1n) is 8.74. The van der Waals surface area contributed by atoms with Gasteiger partial charge in [-0.3, -0.25) is 9.59 Å². The Kier molecular flexibility index (Phi) is 3.64. The normalized spacial score (nSPS) is 23.4. The fourth-order valence-corrected chi connectivity index (χ4v) is 3.77. The van der Waals surface area contributed by atoms with Crippen LogP contribution in [0.2, 0.25) is 0 Å². The Morgan fingerprint density at radius 1 is 1.16 bits per heavy atom. The summed E-state index contributed by atoms with van der Waals surface area (Å²) in [7, 11) is 0. The predicted molar refractivity (Wildman–Crippen MR) is 98.6 cm³/mol. The molecule has 1 fully saturated rings. The molecule has 0 saturated heterocycles. The van der Waals surface area contributed by atoms with E-state index >= 15 is 0 Å². The Bertz CT molecular complexity index is 842. The van der Waals surface area contributed by atoms with Crippen molar-refractivity contribution in [1.82, 2.24) is 0 Å². The minimum absolute atomic E-state index is 0.0398. The maximum Gasteiger partial charge on any atom is 0.228 e. The number of hydrogen-bond donors (Lipinski definition) is 2. The second-order valence-electron chi connectivity index (χ2n) is 7.72. The molecular formula is C21H22N2O2.